The third kappa shape index (κ3) is 7.53. The first kappa shape index (κ1) is 25.7. The fourth-order valence-corrected chi connectivity index (χ4v) is 6.06. The number of hydrogen-bond acceptors (Lipinski definition) is 2. The molecule has 0 bridgehead atoms. The van der Waals surface area contributed by atoms with Crippen molar-refractivity contribution in [2.24, 2.45) is 35.5 Å². The van der Waals surface area contributed by atoms with E-state index in [2.05, 4.69) is 38.8 Å². The second-order valence-electron chi connectivity index (χ2n) is 10.2. The number of terminal acetylenes is 1. The molecule has 4 aliphatic carbocycles. The van der Waals surface area contributed by atoms with Crippen LogP contribution in [0.3, 0.4) is 0 Å². The van der Waals surface area contributed by atoms with Crippen LogP contribution in [0.4, 0.5) is 0 Å². The van der Waals surface area contributed by atoms with Crippen molar-refractivity contribution in [3.63, 3.8) is 0 Å². The topological polar surface area (TPSA) is 57.5 Å². The minimum absolute atomic E-state index is 0.140. The van der Waals surface area contributed by atoms with Crippen LogP contribution in [0.15, 0.2) is 23.8 Å². The summed E-state index contributed by atoms with van der Waals surface area (Å²) < 4.78 is 0. The molecule has 3 heteroatoms. The molecule has 0 spiro atoms. The Morgan fingerprint density at radius 3 is 2.26 bits per heavy atom. The summed E-state index contributed by atoms with van der Waals surface area (Å²) in [5, 5.41) is 18.3. The molecule has 2 unspecified atom stereocenters. The third-order valence-electron chi connectivity index (χ3n) is 8.39. The van der Waals surface area contributed by atoms with Crippen molar-refractivity contribution >= 4 is 5.97 Å². The molecule has 5 atom stereocenters. The van der Waals surface area contributed by atoms with Gasteiger partial charge in [0.25, 0.3) is 0 Å². The zero-order chi connectivity index (χ0) is 22.8. The molecule has 31 heavy (non-hydrogen) atoms. The molecule has 0 aromatic carbocycles. The fraction of sp³-hybridized carbons (Fsp3) is 0.750. The smallest absolute Gasteiger partial charge is 0.303 e. The van der Waals surface area contributed by atoms with Gasteiger partial charge in [-0.1, -0.05) is 89.0 Å². The fourth-order valence-electron chi connectivity index (χ4n) is 6.06. The first-order valence-corrected chi connectivity index (χ1v) is 12.6. The second-order valence-corrected chi connectivity index (χ2v) is 10.2. The quantitative estimate of drug-likeness (QED) is 0.467. The minimum Gasteiger partial charge on any atom is -0.481 e. The highest BCUT2D eigenvalue weighted by Gasteiger charge is 2.41. The van der Waals surface area contributed by atoms with E-state index in [0.29, 0.717) is 24.2 Å². The second kappa shape index (κ2) is 13.1. The van der Waals surface area contributed by atoms with E-state index in [1.807, 2.05) is 6.08 Å². The maximum Gasteiger partial charge on any atom is 0.303 e. The molecule has 4 aliphatic rings. The van der Waals surface area contributed by atoms with Crippen LogP contribution in [0, 0.1) is 48.4 Å². The summed E-state index contributed by atoms with van der Waals surface area (Å²) in [5.41, 5.74) is 1.31. The van der Waals surface area contributed by atoms with Crippen molar-refractivity contribution in [1.82, 2.24) is 0 Å². The monoisotopic (exact) mass is 428 g/mol. The average Bonchev–Trinajstić information content (AvgIpc) is 3.25. The van der Waals surface area contributed by atoms with Gasteiger partial charge in [0.05, 0.1) is 6.10 Å². The van der Waals surface area contributed by atoms with Crippen LogP contribution in [0.2, 0.25) is 0 Å². The molecule has 3 fully saturated rings. The molecule has 0 saturated heterocycles. The van der Waals surface area contributed by atoms with Crippen LogP contribution >= 0.6 is 0 Å². The molecule has 0 radical (unpaired) electrons. The molecule has 0 amide bonds. The summed E-state index contributed by atoms with van der Waals surface area (Å²) >= 11 is 0. The number of fused-ring (bicyclic) bond motifs is 1. The molecular weight excluding hydrogens is 384 g/mol. The van der Waals surface area contributed by atoms with Gasteiger partial charge in [-0.05, 0) is 54.8 Å². The predicted octanol–water partition coefficient (Wildman–Crippen LogP) is 6.62. The van der Waals surface area contributed by atoms with Gasteiger partial charge in [0.1, 0.15) is 0 Å². The highest BCUT2D eigenvalue weighted by atomic mass is 16.4. The lowest BCUT2D eigenvalue weighted by Gasteiger charge is -2.38. The number of carbonyl (C=O) groups is 1. The first-order chi connectivity index (χ1) is 15.0. The Labute approximate surface area is 190 Å². The molecule has 3 nitrogen and oxygen atoms in total. The minimum atomic E-state index is -0.747. The van der Waals surface area contributed by atoms with Gasteiger partial charge < -0.3 is 10.2 Å². The molecular formula is C28H44O3. The predicted molar refractivity (Wildman–Crippen MR) is 128 cm³/mol. The maximum atomic E-state index is 10.4. The van der Waals surface area contributed by atoms with Gasteiger partial charge in [0.2, 0.25) is 0 Å². The largest absolute Gasteiger partial charge is 0.481 e. The summed E-state index contributed by atoms with van der Waals surface area (Å²) in [7, 11) is 0. The third-order valence-corrected chi connectivity index (χ3v) is 8.39. The van der Waals surface area contributed by atoms with Crippen LogP contribution in [0.1, 0.15) is 90.9 Å². The Hall–Kier alpha value is -1.53. The molecule has 0 aromatic rings. The van der Waals surface area contributed by atoms with Gasteiger partial charge in [-0.3, -0.25) is 4.79 Å². The Bertz CT molecular complexity index is 621. The summed E-state index contributed by atoms with van der Waals surface area (Å²) in [6.07, 6.45) is 29.1. The van der Waals surface area contributed by atoms with Crippen LogP contribution in [0.5, 0.6) is 0 Å². The number of carboxylic acids is 1. The number of carboxylic acid groups (broad SMARTS) is 1. The number of allylic oxidation sites excluding steroid dienone is 4. The highest BCUT2D eigenvalue weighted by molar-refractivity contribution is 5.66. The average molecular weight is 429 g/mol. The lowest BCUT2D eigenvalue weighted by atomic mass is 9.68. The molecule has 0 heterocycles. The molecule has 2 N–H and O–H groups in total. The number of aliphatic hydroxyl groups is 1. The first-order valence-electron chi connectivity index (χ1n) is 12.6. The van der Waals surface area contributed by atoms with Crippen molar-refractivity contribution in [3.8, 4) is 12.8 Å². The molecule has 0 aromatic heterocycles. The zero-order valence-corrected chi connectivity index (χ0v) is 19.7. The Kier molecular flexibility index (Phi) is 10.9. The van der Waals surface area contributed by atoms with Gasteiger partial charge in [-0.25, -0.2) is 0 Å². The van der Waals surface area contributed by atoms with Crippen molar-refractivity contribution in [3.05, 3.63) is 23.8 Å². The van der Waals surface area contributed by atoms with Crippen molar-refractivity contribution in [1.29, 1.82) is 0 Å². The van der Waals surface area contributed by atoms with Gasteiger partial charge in [0, 0.05) is 6.42 Å². The summed E-state index contributed by atoms with van der Waals surface area (Å²) in [6.45, 7) is 4.64. The number of aliphatic carboxylic acids is 1. The van der Waals surface area contributed by atoms with E-state index in [4.69, 9.17) is 5.11 Å². The molecule has 3 saturated carbocycles. The van der Waals surface area contributed by atoms with E-state index in [1.54, 1.807) is 0 Å². The SMILES string of the molecule is C#C.CC(C1CCCCC1)C1CCC1.CC1[C@H](O)C[C@@H]2C=C(/C=C\CCC(=O)O)C[C@H]12. The molecule has 0 aliphatic heterocycles. The maximum absolute atomic E-state index is 10.4. The Morgan fingerprint density at radius 2 is 1.74 bits per heavy atom. The number of rotatable bonds is 6. The van der Waals surface area contributed by atoms with E-state index in [1.165, 1.54) is 56.9 Å². The lowest BCUT2D eigenvalue weighted by Crippen LogP contribution is -2.27. The summed E-state index contributed by atoms with van der Waals surface area (Å²) in [5.74, 6) is 4.03. The number of hydrogen-bond donors (Lipinski definition) is 2. The summed E-state index contributed by atoms with van der Waals surface area (Å²) in [4.78, 5) is 10.4. The van der Waals surface area contributed by atoms with Gasteiger partial charge in [-0.15, -0.1) is 12.8 Å². The summed E-state index contributed by atoms with van der Waals surface area (Å²) in [6, 6.07) is 0. The van der Waals surface area contributed by atoms with Crippen molar-refractivity contribution in [2.75, 3.05) is 0 Å². The van der Waals surface area contributed by atoms with Crippen LogP contribution in [-0.4, -0.2) is 22.3 Å². The van der Waals surface area contributed by atoms with Gasteiger partial charge in [0.15, 0.2) is 0 Å². The lowest BCUT2D eigenvalue weighted by molar-refractivity contribution is -0.136. The zero-order valence-electron chi connectivity index (χ0n) is 19.7. The van der Waals surface area contributed by atoms with Crippen molar-refractivity contribution in [2.45, 2.75) is 97.0 Å². The van der Waals surface area contributed by atoms with Crippen molar-refractivity contribution < 1.29 is 15.0 Å². The standard InChI is InChI=1S/C14H20O3.C12H22.C2H2/c1-9-12-7-10(4-2-3-5-14(16)17)6-11(12)8-13(9)15;1-10(12-8-5-9-12)11-6-3-2-4-7-11;1-2/h2,4,6,9,11-13,15H,3,5,7-8H2,1H3,(H,16,17);10-12H,2-9H2,1H3;1-2H/b4-2-;;/t9?,11-,12+,13+;;/m0../s1. The van der Waals surface area contributed by atoms with Crippen LogP contribution < -0.4 is 0 Å². The molecule has 174 valence electrons. The van der Waals surface area contributed by atoms with E-state index in [-0.39, 0.29) is 12.5 Å². The van der Waals surface area contributed by atoms with E-state index < -0.39 is 5.97 Å². The van der Waals surface area contributed by atoms with E-state index in [0.717, 1.165) is 30.6 Å². The molecule has 4 rings (SSSR count). The Morgan fingerprint density at radius 1 is 1.13 bits per heavy atom. The van der Waals surface area contributed by atoms with E-state index in [9.17, 15) is 9.90 Å². The Balaban J connectivity index is 0.000000214. The van der Waals surface area contributed by atoms with Crippen LogP contribution in [-0.2, 0) is 4.79 Å². The highest BCUT2D eigenvalue weighted by Crippen LogP contribution is 2.46. The normalized spacial score (nSPS) is 31.5. The van der Waals surface area contributed by atoms with Gasteiger partial charge >= 0.3 is 5.97 Å². The van der Waals surface area contributed by atoms with E-state index >= 15 is 0 Å². The van der Waals surface area contributed by atoms with Crippen LogP contribution in [0.25, 0.3) is 0 Å². The number of aliphatic hydroxyl groups excluding tert-OH is 1. The van der Waals surface area contributed by atoms with Gasteiger partial charge in [-0.2, -0.15) is 0 Å².